The first-order chi connectivity index (χ1) is 13.4. The quantitative estimate of drug-likeness (QED) is 0.515. The third-order valence-electron chi connectivity index (χ3n) is 4.50. The van der Waals surface area contributed by atoms with Crippen molar-refractivity contribution in [3.8, 4) is 11.3 Å². The molecule has 3 heterocycles. The normalized spacial score (nSPS) is 11.5. The van der Waals surface area contributed by atoms with Gasteiger partial charge in [0.2, 0.25) is 0 Å². The Labute approximate surface area is 165 Å². The van der Waals surface area contributed by atoms with Crippen molar-refractivity contribution in [2.75, 3.05) is 7.05 Å². The fourth-order valence-corrected chi connectivity index (χ4v) is 3.84. The standard InChI is InChI=1S/C19H19FN6OS/c1-12(2)26-11-21-23-17(26)9-24(3)18(27)16-10-28-19-22-15(8-25(16)19)13-4-6-14(20)7-5-13/h4-8,10-12H,9H2,1-3H3. The Kier molecular flexibility index (Phi) is 4.68. The molecule has 0 atom stereocenters. The van der Waals surface area contributed by atoms with Crippen molar-refractivity contribution in [2.24, 2.45) is 0 Å². The molecule has 9 heteroatoms. The molecule has 1 aromatic carbocycles. The van der Waals surface area contributed by atoms with Gasteiger partial charge in [-0.2, -0.15) is 0 Å². The molecule has 0 bridgehead atoms. The monoisotopic (exact) mass is 398 g/mol. The summed E-state index contributed by atoms with van der Waals surface area (Å²) in [7, 11) is 1.74. The number of thiazole rings is 1. The van der Waals surface area contributed by atoms with E-state index in [1.165, 1.54) is 23.5 Å². The summed E-state index contributed by atoms with van der Waals surface area (Å²) >= 11 is 1.39. The second-order valence-electron chi connectivity index (χ2n) is 6.82. The van der Waals surface area contributed by atoms with E-state index in [2.05, 4.69) is 15.2 Å². The molecule has 0 radical (unpaired) electrons. The van der Waals surface area contributed by atoms with Crippen LogP contribution in [-0.2, 0) is 6.54 Å². The van der Waals surface area contributed by atoms with Crippen LogP contribution >= 0.6 is 11.3 Å². The molecule has 7 nitrogen and oxygen atoms in total. The zero-order chi connectivity index (χ0) is 19.8. The van der Waals surface area contributed by atoms with Crippen LogP contribution in [0, 0.1) is 5.82 Å². The predicted octanol–water partition coefficient (Wildman–Crippen LogP) is 3.65. The van der Waals surface area contributed by atoms with Crippen molar-refractivity contribution in [3.05, 3.63) is 59.5 Å². The highest BCUT2D eigenvalue weighted by Gasteiger charge is 2.20. The molecule has 4 rings (SSSR count). The van der Waals surface area contributed by atoms with E-state index in [0.717, 1.165) is 11.4 Å². The highest BCUT2D eigenvalue weighted by molar-refractivity contribution is 7.15. The molecule has 28 heavy (non-hydrogen) atoms. The predicted molar refractivity (Wildman–Crippen MR) is 105 cm³/mol. The highest BCUT2D eigenvalue weighted by Crippen LogP contribution is 2.24. The lowest BCUT2D eigenvalue weighted by atomic mass is 10.2. The fraction of sp³-hybridized carbons (Fsp3) is 0.263. The number of rotatable bonds is 5. The van der Waals surface area contributed by atoms with Crippen LogP contribution in [0.2, 0.25) is 0 Å². The highest BCUT2D eigenvalue weighted by atomic mass is 32.1. The molecule has 144 valence electrons. The topological polar surface area (TPSA) is 68.3 Å². The molecule has 0 fully saturated rings. The minimum absolute atomic E-state index is 0.132. The summed E-state index contributed by atoms with van der Waals surface area (Å²) in [5, 5.41) is 9.87. The molecule has 0 aliphatic rings. The maximum atomic E-state index is 13.2. The van der Waals surface area contributed by atoms with Crippen molar-refractivity contribution >= 4 is 22.2 Å². The summed E-state index contributed by atoms with van der Waals surface area (Å²) in [5.74, 6) is 0.305. The van der Waals surface area contributed by atoms with Gasteiger partial charge in [-0.05, 0) is 38.1 Å². The first-order valence-corrected chi connectivity index (χ1v) is 9.68. The van der Waals surface area contributed by atoms with Gasteiger partial charge in [0.15, 0.2) is 10.8 Å². The first-order valence-electron chi connectivity index (χ1n) is 8.80. The van der Waals surface area contributed by atoms with Crippen LogP contribution in [0.5, 0.6) is 0 Å². The van der Waals surface area contributed by atoms with E-state index in [-0.39, 0.29) is 17.8 Å². The van der Waals surface area contributed by atoms with E-state index in [0.29, 0.717) is 22.9 Å². The Morgan fingerprint density at radius 3 is 2.75 bits per heavy atom. The summed E-state index contributed by atoms with van der Waals surface area (Å²) in [6.07, 6.45) is 3.47. The number of amides is 1. The summed E-state index contributed by atoms with van der Waals surface area (Å²) in [6, 6.07) is 6.36. The molecule has 3 aromatic heterocycles. The molecule has 1 amide bonds. The van der Waals surface area contributed by atoms with Crippen molar-refractivity contribution in [2.45, 2.75) is 26.4 Å². The molecule has 0 saturated heterocycles. The number of hydrogen-bond donors (Lipinski definition) is 0. The molecule has 0 N–H and O–H groups in total. The van der Waals surface area contributed by atoms with Crippen LogP contribution in [-0.4, -0.2) is 42.0 Å². The van der Waals surface area contributed by atoms with Gasteiger partial charge in [0, 0.05) is 30.2 Å². The fourth-order valence-electron chi connectivity index (χ4n) is 2.99. The molecular weight excluding hydrogens is 379 g/mol. The minimum Gasteiger partial charge on any atom is -0.333 e. The van der Waals surface area contributed by atoms with Gasteiger partial charge in [-0.25, -0.2) is 9.37 Å². The SMILES string of the molecule is CC(C)n1cnnc1CN(C)C(=O)c1csc2nc(-c3ccc(F)cc3)cn12. The largest absolute Gasteiger partial charge is 0.333 e. The lowest BCUT2D eigenvalue weighted by molar-refractivity contribution is 0.0773. The Balaban J connectivity index is 1.60. The van der Waals surface area contributed by atoms with Crippen molar-refractivity contribution < 1.29 is 9.18 Å². The summed E-state index contributed by atoms with van der Waals surface area (Å²) < 4.78 is 16.9. The zero-order valence-electron chi connectivity index (χ0n) is 15.7. The average molecular weight is 398 g/mol. The average Bonchev–Trinajstić information content (AvgIpc) is 3.37. The van der Waals surface area contributed by atoms with E-state index in [1.807, 2.05) is 18.4 Å². The van der Waals surface area contributed by atoms with Gasteiger partial charge < -0.3 is 9.47 Å². The van der Waals surface area contributed by atoms with Gasteiger partial charge in [-0.1, -0.05) is 0 Å². The van der Waals surface area contributed by atoms with Gasteiger partial charge in [0.25, 0.3) is 5.91 Å². The molecule has 0 aliphatic carbocycles. The van der Waals surface area contributed by atoms with Crippen molar-refractivity contribution in [3.63, 3.8) is 0 Å². The zero-order valence-corrected chi connectivity index (χ0v) is 16.5. The molecule has 0 unspecified atom stereocenters. The number of carbonyl (C=O) groups excluding carboxylic acids is 1. The first kappa shape index (κ1) is 18.3. The lowest BCUT2D eigenvalue weighted by Crippen LogP contribution is -2.28. The van der Waals surface area contributed by atoms with Gasteiger partial charge in [-0.15, -0.1) is 21.5 Å². The van der Waals surface area contributed by atoms with Gasteiger partial charge in [-0.3, -0.25) is 9.20 Å². The Bertz CT molecular complexity index is 1130. The number of carbonyl (C=O) groups is 1. The van der Waals surface area contributed by atoms with E-state index >= 15 is 0 Å². The third-order valence-corrected chi connectivity index (χ3v) is 5.34. The van der Waals surface area contributed by atoms with Crippen molar-refractivity contribution in [1.82, 2.24) is 29.0 Å². The summed E-state index contributed by atoms with van der Waals surface area (Å²) in [4.78, 5) is 19.9. The number of hydrogen-bond acceptors (Lipinski definition) is 5. The van der Waals surface area contributed by atoms with Crippen LogP contribution < -0.4 is 0 Å². The lowest BCUT2D eigenvalue weighted by Gasteiger charge is -2.18. The van der Waals surface area contributed by atoms with E-state index in [1.54, 1.807) is 46.4 Å². The van der Waals surface area contributed by atoms with E-state index in [9.17, 15) is 9.18 Å². The molecule has 0 saturated carbocycles. The van der Waals surface area contributed by atoms with Gasteiger partial charge in [0.05, 0.1) is 12.2 Å². The van der Waals surface area contributed by atoms with E-state index < -0.39 is 0 Å². The second kappa shape index (κ2) is 7.16. The Hall–Kier alpha value is -3.07. The van der Waals surface area contributed by atoms with E-state index in [4.69, 9.17) is 0 Å². The number of fused-ring (bicyclic) bond motifs is 1. The van der Waals surface area contributed by atoms with Crippen LogP contribution in [0.15, 0.2) is 42.2 Å². The van der Waals surface area contributed by atoms with Crippen LogP contribution in [0.3, 0.4) is 0 Å². The maximum absolute atomic E-state index is 13.2. The van der Waals surface area contributed by atoms with Crippen LogP contribution in [0.1, 0.15) is 36.2 Å². The van der Waals surface area contributed by atoms with Gasteiger partial charge >= 0.3 is 0 Å². The molecule has 0 aliphatic heterocycles. The third kappa shape index (κ3) is 3.29. The van der Waals surface area contributed by atoms with Crippen LogP contribution in [0.4, 0.5) is 4.39 Å². The van der Waals surface area contributed by atoms with Gasteiger partial charge in [0.1, 0.15) is 17.8 Å². The Morgan fingerprint density at radius 2 is 2.04 bits per heavy atom. The summed E-state index contributed by atoms with van der Waals surface area (Å²) in [6.45, 7) is 4.44. The molecular formula is C19H19FN6OS. The number of halogens is 1. The van der Waals surface area contributed by atoms with Crippen molar-refractivity contribution in [1.29, 1.82) is 0 Å². The van der Waals surface area contributed by atoms with Crippen LogP contribution in [0.25, 0.3) is 16.2 Å². The smallest absolute Gasteiger partial charge is 0.271 e. The summed E-state index contributed by atoms with van der Waals surface area (Å²) in [5.41, 5.74) is 2.02. The minimum atomic E-state index is -0.295. The number of benzene rings is 1. The molecule has 0 spiro atoms. The Morgan fingerprint density at radius 1 is 1.29 bits per heavy atom. The maximum Gasteiger partial charge on any atom is 0.271 e. The number of aromatic nitrogens is 5. The molecule has 4 aromatic rings. The number of imidazole rings is 1. The second-order valence-corrected chi connectivity index (χ2v) is 7.65. The number of nitrogens with zero attached hydrogens (tertiary/aromatic N) is 6.